The molecule has 0 radical (unpaired) electrons. The molecule has 0 saturated heterocycles. The minimum absolute atomic E-state index is 0.0497. The summed E-state index contributed by atoms with van der Waals surface area (Å²) < 4.78 is 26.7. The van der Waals surface area contributed by atoms with Gasteiger partial charge in [-0.25, -0.2) is 8.42 Å². The first-order chi connectivity index (χ1) is 17.9. The molecule has 3 aromatic carbocycles. The number of carbonyl (C=O) groups excluding carboxylic acids is 2. The number of halogens is 3. The average molecular weight is 597 g/mol. The van der Waals surface area contributed by atoms with Crippen LogP contribution in [0.1, 0.15) is 16.7 Å². The van der Waals surface area contributed by atoms with E-state index in [9.17, 15) is 18.0 Å². The van der Waals surface area contributed by atoms with E-state index in [1.165, 1.54) is 18.0 Å². The molecule has 1 N–H and O–H groups in total. The standard InChI is InChI=1S/C27H28Cl3N3O4S/c1-18-9-11-22(29)15-24(18)33(38(3,36)37)17-26(34)32(16-20-10-12-21(28)14-23(20)30)25(27(35)31-2)13-19-7-5-4-6-8-19/h4-12,14-15,25H,13,16-17H2,1-3H3,(H,31,35)/t25-/m1/s1. The molecule has 11 heteroatoms. The molecule has 3 rings (SSSR count). The van der Waals surface area contributed by atoms with Crippen LogP contribution in [-0.2, 0) is 32.6 Å². The van der Waals surface area contributed by atoms with E-state index in [2.05, 4.69) is 5.32 Å². The number of nitrogens with zero attached hydrogens (tertiary/aromatic N) is 2. The molecule has 202 valence electrons. The van der Waals surface area contributed by atoms with Crippen LogP contribution in [0.4, 0.5) is 5.69 Å². The Kier molecular flexibility index (Phi) is 10.1. The van der Waals surface area contributed by atoms with Crippen molar-refractivity contribution < 1.29 is 18.0 Å². The highest BCUT2D eigenvalue weighted by atomic mass is 35.5. The van der Waals surface area contributed by atoms with E-state index < -0.39 is 34.4 Å². The van der Waals surface area contributed by atoms with E-state index in [1.54, 1.807) is 37.3 Å². The molecule has 0 unspecified atom stereocenters. The summed E-state index contributed by atoms with van der Waals surface area (Å²) in [4.78, 5) is 28.4. The largest absolute Gasteiger partial charge is 0.357 e. The molecule has 0 saturated carbocycles. The molecule has 0 aliphatic rings. The minimum atomic E-state index is -3.90. The number of benzene rings is 3. The van der Waals surface area contributed by atoms with Crippen LogP contribution in [0.3, 0.4) is 0 Å². The first-order valence-electron chi connectivity index (χ1n) is 11.6. The third kappa shape index (κ3) is 7.63. The van der Waals surface area contributed by atoms with Gasteiger partial charge in [0, 0.05) is 35.1 Å². The van der Waals surface area contributed by atoms with Crippen LogP contribution in [0.25, 0.3) is 0 Å². The van der Waals surface area contributed by atoms with E-state index in [1.807, 2.05) is 30.3 Å². The van der Waals surface area contributed by atoms with Crippen LogP contribution in [0.15, 0.2) is 66.7 Å². The lowest BCUT2D eigenvalue weighted by Gasteiger charge is -2.33. The summed E-state index contributed by atoms with van der Waals surface area (Å²) in [7, 11) is -2.42. The normalized spacial score (nSPS) is 12.1. The van der Waals surface area contributed by atoms with Gasteiger partial charge in [0.2, 0.25) is 21.8 Å². The Labute approximate surface area is 238 Å². The van der Waals surface area contributed by atoms with Gasteiger partial charge in [0.05, 0.1) is 11.9 Å². The van der Waals surface area contributed by atoms with Crippen molar-refractivity contribution in [2.75, 3.05) is 24.2 Å². The minimum Gasteiger partial charge on any atom is -0.357 e. The number of carbonyl (C=O) groups is 2. The van der Waals surface area contributed by atoms with Gasteiger partial charge in [-0.15, -0.1) is 0 Å². The second kappa shape index (κ2) is 12.8. The highest BCUT2D eigenvalue weighted by molar-refractivity contribution is 7.92. The number of nitrogens with one attached hydrogen (secondary N) is 1. The zero-order valence-electron chi connectivity index (χ0n) is 21.1. The lowest BCUT2D eigenvalue weighted by Crippen LogP contribution is -2.53. The SMILES string of the molecule is CNC(=O)[C@@H](Cc1ccccc1)N(Cc1ccc(Cl)cc1Cl)C(=O)CN(c1cc(Cl)ccc1C)S(C)(=O)=O. The molecule has 3 aromatic rings. The van der Waals surface area contributed by atoms with Gasteiger partial charge in [0.25, 0.3) is 0 Å². The van der Waals surface area contributed by atoms with Gasteiger partial charge in [0.15, 0.2) is 0 Å². The molecule has 0 aliphatic heterocycles. The van der Waals surface area contributed by atoms with E-state index in [-0.39, 0.29) is 18.7 Å². The fraction of sp³-hybridized carbons (Fsp3) is 0.259. The van der Waals surface area contributed by atoms with Crippen LogP contribution < -0.4 is 9.62 Å². The Morgan fingerprint density at radius 3 is 2.18 bits per heavy atom. The van der Waals surface area contributed by atoms with E-state index in [0.29, 0.717) is 26.2 Å². The number of hydrogen-bond donors (Lipinski definition) is 1. The number of likely N-dealkylation sites (N-methyl/N-ethyl adjacent to an activating group) is 1. The molecular weight excluding hydrogens is 569 g/mol. The van der Waals surface area contributed by atoms with Crippen molar-refractivity contribution in [3.8, 4) is 0 Å². The Morgan fingerprint density at radius 1 is 0.947 bits per heavy atom. The molecule has 0 aromatic heterocycles. The average Bonchev–Trinajstić information content (AvgIpc) is 2.86. The monoisotopic (exact) mass is 595 g/mol. The lowest BCUT2D eigenvalue weighted by atomic mass is 10.0. The summed E-state index contributed by atoms with van der Waals surface area (Å²) in [5, 5.41) is 3.68. The summed E-state index contributed by atoms with van der Waals surface area (Å²) in [6.07, 6.45) is 1.22. The zero-order valence-corrected chi connectivity index (χ0v) is 24.2. The third-order valence-corrected chi connectivity index (χ3v) is 7.94. The topological polar surface area (TPSA) is 86.8 Å². The second-order valence-corrected chi connectivity index (χ2v) is 12.0. The lowest BCUT2D eigenvalue weighted by molar-refractivity contribution is -0.139. The fourth-order valence-corrected chi connectivity index (χ4v) is 5.53. The second-order valence-electron chi connectivity index (χ2n) is 8.78. The quantitative estimate of drug-likeness (QED) is 0.353. The van der Waals surface area contributed by atoms with Crippen LogP contribution in [0.5, 0.6) is 0 Å². The molecule has 0 heterocycles. The Bertz CT molecular complexity index is 1420. The number of sulfonamides is 1. The van der Waals surface area contributed by atoms with Crippen molar-refractivity contribution in [2.24, 2.45) is 0 Å². The van der Waals surface area contributed by atoms with Crippen molar-refractivity contribution in [1.29, 1.82) is 0 Å². The molecule has 1 atom stereocenters. The van der Waals surface area contributed by atoms with Crippen LogP contribution >= 0.6 is 34.8 Å². The van der Waals surface area contributed by atoms with Gasteiger partial charge >= 0.3 is 0 Å². The number of rotatable bonds is 10. The van der Waals surface area contributed by atoms with Crippen LogP contribution in [0.2, 0.25) is 15.1 Å². The first-order valence-corrected chi connectivity index (χ1v) is 14.6. The third-order valence-electron chi connectivity index (χ3n) is 5.99. The molecule has 0 aliphatic carbocycles. The van der Waals surface area contributed by atoms with E-state index in [0.717, 1.165) is 16.1 Å². The Morgan fingerprint density at radius 2 is 1.58 bits per heavy atom. The highest BCUT2D eigenvalue weighted by Gasteiger charge is 2.33. The summed E-state index contributed by atoms with van der Waals surface area (Å²) in [6, 6.07) is 17.9. The van der Waals surface area contributed by atoms with Crippen LogP contribution in [0, 0.1) is 6.92 Å². The zero-order chi connectivity index (χ0) is 28.0. The van der Waals surface area contributed by atoms with Crippen molar-refractivity contribution in [1.82, 2.24) is 10.2 Å². The molecule has 0 fully saturated rings. The maximum Gasteiger partial charge on any atom is 0.244 e. The van der Waals surface area contributed by atoms with Crippen molar-refractivity contribution in [3.05, 3.63) is 98.5 Å². The maximum atomic E-state index is 13.9. The van der Waals surface area contributed by atoms with Crippen molar-refractivity contribution in [3.63, 3.8) is 0 Å². The summed E-state index contributed by atoms with van der Waals surface area (Å²) in [5.41, 5.74) is 2.27. The van der Waals surface area contributed by atoms with Gasteiger partial charge in [-0.05, 0) is 47.9 Å². The first kappa shape index (κ1) is 29.8. The molecule has 0 spiro atoms. The summed E-state index contributed by atoms with van der Waals surface area (Å²) in [6.45, 7) is 1.13. The molecular formula is C27H28Cl3N3O4S. The number of amides is 2. The molecule has 38 heavy (non-hydrogen) atoms. The van der Waals surface area contributed by atoms with Gasteiger partial charge in [0.1, 0.15) is 12.6 Å². The smallest absolute Gasteiger partial charge is 0.244 e. The van der Waals surface area contributed by atoms with Crippen molar-refractivity contribution in [2.45, 2.75) is 25.9 Å². The summed E-state index contributed by atoms with van der Waals surface area (Å²) >= 11 is 18.6. The fourth-order valence-electron chi connectivity index (χ4n) is 4.00. The van der Waals surface area contributed by atoms with Gasteiger partial charge in [-0.2, -0.15) is 0 Å². The van der Waals surface area contributed by atoms with Gasteiger partial charge in [-0.3, -0.25) is 13.9 Å². The highest BCUT2D eigenvalue weighted by Crippen LogP contribution is 2.28. The molecule has 2 amide bonds. The number of aryl methyl sites for hydroxylation is 1. The summed E-state index contributed by atoms with van der Waals surface area (Å²) in [5.74, 6) is -0.998. The van der Waals surface area contributed by atoms with Crippen LogP contribution in [-0.4, -0.2) is 51.0 Å². The van der Waals surface area contributed by atoms with Gasteiger partial charge in [-0.1, -0.05) is 77.3 Å². The number of anilines is 1. The molecule has 0 bridgehead atoms. The Hall–Kier alpha value is -2.78. The molecule has 7 nitrogen and oxygen atoms in total. The predicted molar refractivity (Wildman–Crippen MR) is 153 cm³/mol. The van der Waals surface area contributed by atoms with E-state index in [4.69, 9.17) is 34.8 Å². The van der Waals surface area contributed by atoms with E-state index >= 15 is 0 Å². The predicted octanol–water partition coefficient (Wildman–Crippen LogP) is 5.11. The maximum absolute atomic E-state index is 13.9. The number of hydrogen-bond acceptors (Lipinski definition) is 4. The Balaban J connectivity index is 2.08. The van der Waals surface area contributed by atoms with Crippen molar-refractivity contribution >= 4 is 62.3 Å². The van der Waals surface area contributed by atoms with Gasteiger partial charge < -0.3 is 10.2 Å².